The molecule has 8 nitrogen and oxygen atoms in total. The first-order valence-corrected chi connectivity index (χ1v) is 11.7. The summed E-state index contributed by atoms with van der Waals surface area (Å²) in [5.41, 5.74) is 2.07. The van der Waals surface area contributed by atoms with Gasteiger partial charge in [0.2, 0.25) is 0 Å². The van der Waals surface area contributed by atoms with Gasteiger partial charge < -0.3 is 19.7 Å². The molecule has 0 spiro atoms. The smallest absolute Gasteiger partial charge is 0.410 e. The summed E-state index contributed by atoms with van der Waals surface area (Å²) in [5, 5.41) is 8.25. The van der Waals surface area contributed by atoms with Crippen molar-refractivity contribution in [1.29, 1.82) is 0 Å². The normalized spacial score (nSPS) is 11.1. The van der Waals surface area contributed by atoms with Gasteiger partial charge in [-0.3, -0.25) is 4.68 Å². The number of hydrogen-bond acceptors (Lipinski definition) is 6. The van der Waals surface area contributed by atoms with Crippen LogP contribution in [0.15, 0.2) is 60.8 Å². The molecule has 1 heterocycles. The summed E-state index contributed by atoms with van der Waals surface area (Å²) in [6.45, 7) is 7.04. The standard InChI is InChI=1S/C26H31ClN4O4/c1-26(2,3)35-25(33)30(16-20-10-12-21(27)13-11-20)15-14-28-22-18-31(29-23(22)24(32)34-4)17-19-8-6-5-7-9-19/h5-13,18,28H,14-17H2,1-4H3. The summed E-state index contributed by atoms with van der Waals surface area (Å²) in [7, 11) is 1.32. The van der Waals surface area contributed by atoms with E-state index in [1.165, 1.54) is 7.11 Å². The van der Waals surface area contributed by atoms with Gasteiger partial charge in [-0.1, -0.05) is 54.1 Å². The van der Waals surface area contributed by atoms with Crippen LogP contribution in [0, 0.1) is 0 Å². The van der Waals surface area contributed by atoms with E-state index in [-0.39, 0.29) is 5.69 Å². The predicted molar refractivity (Wildman–Crippen MR) is 136 cm³/mol. The van der Waals surface area contributed by atoms with Crippen molar-refractivity contribution in [3.05, 3.63) is 82.6 Å². The first kappa shape index (κ1) is 26.1. The molecule has 2 aromatic carbocycles. The number of esters is 1. The topological polar surface area (TPSA) is 85.7 Å². The molecule has 0 aliphatic heterocycles. The molecule has 1 N–H and O–H groups in total. The molecule has 0 aliphatic rings. The summed E-state index contributed by atoms with van der Waals surface area (Å²) in [6.07, 6.45) is 1.33. The minimum Gasteiger partial charge on any atom is -0.464 e. The molecule has 9 heteroatoms. The molecule has 0 aliphatic carbocycles. The number of anilines is 1. The zero-order chi connectivity index (χ0) is 25.4. The third kappa shape index (κ3) is 8.03. The Hall–Kier alpha value is -3.52. The van der Waals surface area contributed by atoms with E-state index in [2.05, 4.69) is 10.4 Å². The SMILES string of the molecule is COC(=O)c1nn(Cc2ccccc2)cc1NCCN(Cc1ccc(Cl)cc1)C(=O)OC(C)(C)C. The maximum absolute atomic E-state index is 12.9. The average Bonchev–Trinajstić information content (AvgIpc) is 3.21. The molecule has 0 fully saturated rings. The number of carbonyl (C=O) groups is 2. The van der Waals surface area contributed by atoms with E-state index in [0.29, 0.717) is 36.9 Å². The molecule has 1 amide bonds. The Kier molecular flexibility index (Phi) is 8.76. The van der Waals surface area contributed by atoms with Gasteiger partial charge in [-0.15, -0.1) is 0 Å². The number of ether oxygens (including phenoxy) is 2. The second-order valence-electron chi connectivity index (χ2n) is 9.02. The van der Waals surface area contributed by atoms with Crippen molar-refractivity contribution in [2.45, 2.75) is 39.5 Å². The van der Waals surface area contributed by atoms with E-state index in [9.17, 15) is 9.59 Å². The van der Waals surface area contributed by atoms with E-state index in [1.54, 1.807) is 27.9 Å². The molecule has 1 aromatic heterocycles. The maximum Gasteiger partial charge on any atom is 0.410 e. The number of methoxy groups -OCH3 is 1. The zero-order valence-electron chi connectivity index (χ0n) is 20.5. The van der Waals surface area contributed by atoms with Crippen LogP contribution in [0.3, 0.4) is 0 Å². The van der Waals surface area contributed by atoms with E-state index in [1.807, 2.05) is 63.2 Å². The first-order valence-electron chi connectivity index (χ1n) is 11.3. The Morgan fingerprint density at radius 1 is 1.06 bits per heavy atom. The summed E-state index contributed by atoms with van der Waals surface area (Å²) in [6, 6.07) is 17.1. The fourth-order valence-corrected chi connectivity index (χ4v) is 3.47. The zero-order valence-corrected chi connectivity index (χ0v) is 21.2. The summed E-state index contributed by atoms with van der Waals surface area (Å²) in [5.74, 6) is -0.538. The highest BCUT2D eigenvalue weighted by Crippen LogP contribution is 2.18. The lowest BCUT2D eigenvalue weighted by Gasteiger charge is -2.27. The Balaban J connectivity index is 1.72. The van der Waals surface area contributed by atoms with Gasteiger partial charge in [0.05, 0.1) is 19.3 Å². The van der Waals surface area contributed by atoms with Gasteiger partial charge >= 0.3 is 12.1 Å². The molecule has 0 atom stereocenters. The van der Waals surface area contributed by atoms with Crippen LogP contribution in [-0.2, 0) is 22.6 Å². The Labute approximate surface area is 210 Å². The number of nitrogens with zero attached hydrogens (tertiary/aromatic N) is 3. The van der Waals surface area contributed by atoms with E-state index < -0.39 is 17.7 Å². The lowest BCUT2D eigenvalue weighted by atomic mass is 10.2. The lowest BCUT2D eigenvalue weighted by molar-refractivity contribution is 0.0241. The minimum atomic E-state index is -0.626. The summed E-state index contributed by atoms with van der Waals surface area (Å²) < 4.78 is 12.2. The quantitative estimate of drug-likeness (QED) is 0.407. The maximum atomic E-state index is 12.9. The van der Waals surface area contributed by atoms with Crippen LogP contribution in [0.4, 0.5) is 10.5 Å². The number of carbonyl (C=O) groups excluding carboxylic acids is 2. The van der Waals surface area contributed by atoms with E-state index in [0.717, 1.165) is 11.1 Å². The first-order chi connectivity index (χ1) is 16.6. The largest absolute Gasteiger partial charge is 0.464 e. The molecular weight excluding hydrogens is 468 g/mol. The Morgan fingerprint density at radius 2 is 1.74 bits per heavy atom. The number of amides is 1. The molecule has 0 bridgehead atoms. The van der Waals surface area contributed by atoms with Crippen LogP contribution in [0.1, 0.15) is 42.4 Å². The number of aromatic nitrogens is 2. The molecule has 3 aromatic rings. The number of benzene rings is 2. The van der Waals surface area contributed by atoms with Crippen LogP contribution in [0.25, 0.3) is 0 Å². The van der Waals surface area contributed by atoms with Crippen molar-refractivity contribution in [2.75, 3.05) is 25.5 Å². The number of halogens is 1. The van der Waals surface area contributed by atoms with Gasteiger partial charge in [-0.25, -0.2) is 9.59 Å². The monoisotopic (exact) mass is 498 g/mol. The molecule has 3 rings (SSSR count). The Bertz CT molecular complexity index is 1120. The molecule has 0 radical (unpaired) electrons. The van der Waals surface area contributed by atoms with Gasteiger partial charge in [0.25, 0.3) is 0 Å². The van der Waals surface area contributed by atoms with Crippen molar-refractivity contribution in [3.63, 3.8) is 0 Å². The summed E-state index contributed by atoms with van der Waals surface area (Å²) >= 11 is 5.99. The Morgan fingerprint density at radius 3 is 2.37 bits per heavy atom. The van der Waals surface area contributed by atoms with E-state index in [4.69, 9.17) is 21.1 Å². The van der Waals surface area contributed by atoms with Crippen LogP contribution in [0.2, 0.25) is 5.02 Å². The average molecular weight is 499 g/mol. The second-order valence-corrected chi connectivity index (χ2v) is 9.46. The molecular formula is C26H31ClN4O4. The van der Waals surface area contributed by atoms with Gasteiger partial charge in [-0.2, -0.15) is 5.10 Å². The van der Waals surface area contributed by atoms with Gasteiger partial charge in [-0.05, 0) is 44.0 Å². The highest BCUT2D eigenvalue weighted by Gasteiger charge is 2.23. The minimum absolute atomic E-state index is 0.185. The molecule has 0 saturated carbocycles. The van der Waals surface area contributed by atoms with Gasteiger partial charge in [0, 0.05) is 30.9 Å². The van der Waals surface area contributed by atoms with Crippen LogP contribution in [-0.4, -0.2) is 52.5 Å². The van der Waals surface area contributed by atoms with Crippen molar-refractivity contribution >= 4 is 29.4 Å². The van der Waals surface area contributed by atoms with Crippen molar-refractivity contribution in [2.24, 2.45) is 0 Å². The predicted octanol–water partition coefficient (Wildman–Crippen LogP) is 5.22. The highest BCUT2D eigenvalue weighted by molar-refractivity contribution is 6.30. The molecule has 186 valence electrons. The van der Waals surface area contributed by atoms with Crippen molar-refractivity contribution in [1.82, 2.24) is 14.7 Å². The summed E-state index contributed by atoms with van der Waals surface area (Å²) in [4.78, 5) is 26.8. The van der Waals surface area contributed by atoms with Gasteiger partial charge in [0.15, 0.2) is 5.69 Å². The van der Waals surface area contributed by atoms with Crippen LogP contribution in [0.5, 0.6) is 0 Å². The number of hydrogen-bond donors (Lipinski definition) is 1. The van der Waals surface area contributed by atoms with Crippen molar-refractivity contribution < 1.29 is 19.1 Å². The highest BCUT2D eigenvalue weighted by atomic mass is 35.5. The number of nitrogens with one attached hydrogen (secondary N) is 1. The number of rotatable bonds is 9. The molecule has 35 heavy (non-hydrogen) atoms. The molecule has 0 saturated heterocycles. The fraction of sp³-hybridized carbons (Fsp3) is 0.346. The van der Waals surface area contributed by atoms with Crippen LogP contribution >= 0.6 is 11.6 Å². The second kappa shape index (κ2) is 11.8. The van der Waals surface area contributed by atoms with Crippen molar-refractivity contribution in [3.8, 4) is 0 Å². The van der Waals surface area contributed by atoms with Gasteiger partial charge in [0.1, 0.15) is 5.60 Å². The van der Waals surface area contributed by atoms with Crippen LogP contribution < -0.4 is 5.32 Å². The van der Waals surface area contributed by atoms with E-state index >= 15 is 0 Å². The molecule has 0 unspecified atom stereocenters. The fourth-order valence-electron chi connectivity index (χ4n) is 3.35. The third-order valence-corrected chi connectivity index (χ3v) is 5.22. The third-order valence-electron chi connectivity index (χ3n) is 4.96. The lowest BCUT2D eigenvalue weighted by Crippen LogP contribution is -2.39.